The summed E-state index contributed by atoms with van der Waals surface area (Å²) in [4.78, 5) is 0. The van der Waals surface area contributed by atoms with E-state index in [1.165, 1.54) is 0 Å². The predicted octanol–water partition coefficient (Wildman–Crippen LogP) is -0.701. The van der Waals surface area contributed by atoms with E-state index >= 15 is 0 Å². The largest absolute Gasteiger partial charge is 0.394 e. The second-order valence-corrected chi connectivity index (χ2v) is 5.65. The molecule has 1 saturated heterocycles. The third kappa shape index (κ3) is 5.58. The van der Waals surface area contributed by atoms with E-state index in [1.807, 2.05) is 19.1 Å². The minimum atomic E-state index is -1.46. The molecule has 130 valence electrons. The topological polar surface area (TPSA) is 120 Å². The van der Waals surface area contributed by atoms with Crippen molar-refractivity contribution in [2.24, 2.45) is 0 Å². The number of hydrogen-bond acceptors (Lipinski definition) is 7. The van der Waals surface area contributed by atoms with Crippen LogP contribution < -0.4 is 0 Å². The lowest BCUT2D eigenvalue weighted by molar-refractivity contribution is -0.311. The zero-order valence-corrected chi connectivity index (χ0v) is 13.1. The molecule has 0 aromatic rings. The van der Waals surface area contributed by atoms with Gasteiger partial charge < -0.3 is 35.0 Å². The van der Waals surface area contributed by atoms with Crippen LogP contribution in [0.2, 0.25) is 0 Å². The van der Waals surface area contributed by atoms with Gasteiger partial charge in [0.25, 0.3) is 0 Å². The van der Waals surface area contributed by atoms with Gasteiger partial charge >= 0.3 is 0 Å². The maximum Gasteiger partial charge on any atom is 0.186 e. The molecule has 0 saturated carbocycles. The molecule has 0 aromatic heterocycles. The molecule has 0 radical (unpaired) electrons. The van der Waals surface area contributed by atoms with Gasteiger partial charge in [-0.15, -0.1) is 0 Å². The van der Waals surface area contributed by atoms with Gasteiger partial charge in [0.05, 0.1) is 18.8 Å². The fraction of sp³-hybridized carbons (Fsp3) is 0.867. The molecule has 0 aromatic carbocycles. The van der Waals surface area contributed by atoms with Gasteiger partial charge in [0, 0.05) is 0 Å². The van der Waals surface area contributed by atoms with Gasteiger partial charge in [0.2, 0.25) is 0 Å². The van der Waals surface area contributed by atoms with Gasteiger partial charge in [-0.3, -0.25) is 0 Å². The number of aliphatic hydroxyl groups excluding tert-OH is 5. The molecular formula is C15H28O7. The molecule has 1 fully saturated rings. The summed E-state index contributed by atoms with van der Waals surface area (Å²) in [5.74, 6) is 0. The predicted molar refractivity (Wildman–Crippen MR) is 79.0 cm³/mol. The van der Waals surface area contributed by atoms with Crippen LogP contribution in [0, 0.1) is 0 Å². The Labute approximate surface area is 130 Å². The van der Waals surface area contributed by atoms with Crippen molar-refractivity contribution in [2.45, 2.75) is 76.0 Å². The van der Waals surface area contributed by atoms with Crippen molar-refractivity contribution >= 4 is 0 Å². The minimum absolute atomic E-state index is 0.336. The zero-order chi connectivity index (χ0) is 16.7. The van der Waals surface area contributed by atoms with E-state index in [0.29, 0.717) is 12.8 Å². The number of hydrogen-bond donors (Lipinski definition) is 5. The average molecular weight is 320 g/mol. The second kappa shape index (κ2) is 9.57. The maximum absolute atomic E-state index is 9.87. The standard InChI is InChI=1S/C15H28O7/c1-3-4-5-6-10(17)7-9(2)21-15-14(20)13(19)12(18)11(8-16)22-15/h4-5,9-20H,3,6-8H2,1-2H3. The fourth-order valence-electron chi connectivity index (χ4n) is 2.36. The summed E-state index contributed by atoms with van der Waals surface area (Å²) >= 11 is 0. The van der Waals surface area contributed by atoms with Crippen molar-refractivity contribution < 1.29 is 35.0 Å². The molecule has 0 bridgehead atoms. The Morgan fingerprint density at radius 1 is 1.14 bits per heavy atom. The summed E-state index contributed by atoms with van der Waals surface area (Å²) in [6.07, 6.45) is -1.83. The average Bonchev–Trinajstić information content (AvgIpc) is 2.48. The summed E-state index contributed by atoms with van der Waals surface area (Å²) in [6, 6.07) is 0. The summed E-state index contributed by atoms with van der Waals surface area (Å²) in [5.41, 5.74) is 0. The molecule has 1 aliphatic rings. The maximum atomic E-state index is 9.87. The van der Waals surface area contributed by atoms with Crippen LogP contribution in [0.4, 0.5) is 0 Å². The molecular weight excluding hydrogens is 292 g/mol. The molecule has 5 N–H and O–H groups in total. The molecule has 7 heteroatoms. The lowest BCUT2D eigenvalue weighted by Crippen LogP contribution is -2.59. The van der Waals surface area contributed by atoms with E-state index in [-0.39, 0.29) is 0 Å². The summed E-state index contributed by atoms with van der Waals surface area (Å²) in [5, 5.41) is 48.2. The molecule has 1 aliphatic heterocycles. The molecule has 7 unspecified atom stereocenters. The van der Waals surface area contributed by atoms with Crippen LogP contribution in [0.3, 0.4) is 0 Å². The number of ether oxygens (including phenoxy) is 2. The summed E-state index contributed by atoms with van der Waals surface area (Å²) in [7, 11) is 0. The van der Waals surface area contributed by atoms with Crippen LogP contribution in [-0.4, -0.2) is 75.1 Å². The van der Waals surface area contributed by atoms with Crippen LogP contribution in [0.5, 0.6) is 0 Å². The van der Waals surface area contributed by atoms with Crippen molar-refractivity contribution in [3.63, 3.8) is 0 Å². The Kier molecular flexibility index (Phi) is 8.48. The number of allylic oxidation sites excluding steroid dienone is 1. The molecule has 0 amide bonds. The third-order valence-corrected chi connectivity index (χ3v) is 3.63. The molecule has 1 heterocycles. The van der Waals surface area contributed by atoms with E-state index in [9.17, 15) is 20.4 Å². The first-order valence-corrected chi connectivity index (χ1v) is 7.69. The monoisotopic (exact) mass is 320 g/mol. The van der Waals surface area contributed by atoms with Crippen molar-refractivity contribution in [1.82, 2.24) is 0 Å². The Hall–Kier alpha value is -0.540. The minimum Gasteiger partial charge on any atom is -0.394 e. The van der Waals surface area contributed by atoms with Crippen molar-refractivity contribution in [3.05, 3.63) is 12.2 Å². The van der Waals surface area contributed by atoms with Crippen LogP contribution >= 0.6 is 0 Å². The quantitative estimate of drug-likeness (QED) is 0.375. The SMILES string of the molecule is CCC=CCC(O)CC(C)OC1OC(CO)C(O)C(O)C1O. The lowest BCUT2D eigenvalue weighted by Gasteiger charge is -2.40. The van der Waals surface area contributed by atoms with Crippen LogP contribution in [0.1, 0.15) is 33.1 Å². The van der Waals surface area contributed by atoms with E-state index in [1.54, 1.807) is 6.92 Å². The first-order chi connectivity index (χ1) is 10.4. The van der Waals surface area contributed by atoms with E-state index in [0.717, 1.165) is 6.42 Å². The lowest BCUT2D eigenvalue weighted by atomic mass is 9.99. The van der Waals surface area contributed by atoms with Gasteiger partial charge in [-0.25, -0.2) is 0 Å². The molecule has 0 spiro atoms. The van der Waals surface area contributed by atoms with Crippen LogP contribution in [-0.2, 0) is 9.47 Å². The van der Waals surface area contributed by atoms with E-state index in [2.05, 4.69) is 0 Å². The molecule has 22 heavy (non-hydrogen) atoms. The van der Waals surface area contributed by atoms with Crippen LogP contribution in [0.15, 0.2) is 12.2 Å². The zero-order valence-electron chi connectivity index (χ0n) is 13.1. The van der Waals surface area contributed by atoms with E-state index in [4.69, 9.17) is 14.6 Å². The highest BCUT2D eigenvalue weighted by Crippen LogP contribution is 2.23. The Morgan fingerprint density at radius 2 is 1.82 bits per heavy atom. The highest BCUT2D eigenvalue weighted by molar-refractivity contribution is 4.89. The number of rotatable bonds is 8. The number of aliphatic hydroxyl groups is 5. The molecule has 7 nitrogen and oxygen atoms in total. The summed E-state index contributed by atoms with van der Waals surface area (Å²) < 4.78 is 10.7. The molecule has 7 atom stereocenters. The Balaban J connectivity index is 2.48. The molecule has 0 aliphatic carbocycles. The highest BCUT2D eigenvalue weighted by atomic mass is 16.7. The van der Waals surface area contributed by atoms with Crippen molar-refractivity contribution in [1.29, 1.82) is 0 Å². The Morgan fingerprint density at radius 3 is 2.41 bits per heavy atom. The fourth-order valence-corrected chi connectivity index (χ4v) is 2.36. The van der Waals surface area contributed by atoms with Gasteiger partial charge in [0.1, 0.15) is 24.4 Å². The third-order valence-electron chi connectivity index (χ3n) is 3.63. The van der Waals surface area contributed by atoms with Crippen LogP contribution in [0.25, 0.3) is 0 Å². The van der Waals surface area contributed by atoms with E-state index < -0.39 is 49.5 Å². The molecule has 1 rings (SSSR count). The van der Waals surface area contributed by atoms with Gasteiger partial charge in [0.15, 0.2) is 6.29 Å². The summed E-state index contributed by atoms with van der Waals surface area (Å²) in [6.45, 7) is 3.23. The second-order valence-electron chi connectivity index (χ2n) is 5.65. The smallest absolute Gasteiger partial charge is 0.186 e. The van der Waals surface area contributed by atoms with Gasteiger partial charge in [-0.1, -0.05) is 19.1 Å². The first-order valence-electron chi connectivity index (χ1n) is 7.69. The van der Waals surface area contributed by atoms with Gasteiger partial charge in [-0.2, -0.15) is 0 Å². The van der Waals surface area contributed by atoms with Crippen molar-refractivity contribution in [3.8, 4) is 0 Å². The van der Waals surface area contributed by atoms with Crippen molar-refractivity contribution in [2.75, 3.05) is 6.61 Å². The highest BCUT2D eigenvalue weighted by Gasteiger charge is 2.44. The van der Waals surface area contributed by atoms with Gasteiger partial charge in [-0.05, 0) is 26.2 Å². The normalized spacial score (nSPS) is 35.7. The Bertz CT molecular complexity index is 334. The first kappa shape index (κ1) is 19.5.